The van der Waals surface area contributed by atoms with Crippen LogP contribution in [0.3, 0.4) is 0 Å². The lowest BCUT2D eigenvalue weighted by Gasteiger charge is -2.15. The van der Waals surface area contributed by atoms with Crippen molar-refractivity contribution in [1.29, 1.82) is 0 Å². The normalized spacial score (nSPS) is 25.1. The predicted molar refractivity (Wildman–Crippen MR) is 107 cm³/mol. The Balaban J connectivity index is 1.75. The van der Waals surface area contributed by atoms with Crippen LogP contribution in [0, 0.1) is 11.8 Å². The van der Waals surface area contributed by atoms with E-state index in [9.17, 15) is 14.7 Å². The van der Waals surface area contributed by atoms with Crippen LogP contribution in [-0.2, 0) is 0 Å². The van der Waals surface area contributed by atoms with E-state index in [0.29, 0.717) is 29.7 Å². The first kappa shape index (κ1) is 18.9. The molecule has 4 rings (SSSR count). The fraction of sp³-hybridized carbons (Fsp3) is 0.417. The largest absolute Gasteiger partial charge is 0.489 e. The van der Waals surface area contributed by atoms with Crippen molar-refractivity contribution in [3.05, 3.63) is 64.7 Å². The Labute approximate surface area is 165 Å². The fourth-order valence-electron chi connectivity index (χ4n) is 4.33. The fourth-order valence-corrected chi connectivity index (χ4v) is 4.33. The van der Waals surface area contributed by atoms with Crippen molar-refractivity contribution in [3.63, 3.8) is 0 Å². The first-order valence-electron chi connectivity index (χ1n) is 10.1. The summed E-state index contributed by atoms with van der Waals surface area (Å²) in [6.45, 7) is 3.98. The van der Waals surface area contributed by atoms with Crippen LogP contribution in [0.25, 0.3) is 0 Å². The van der Waals surface area contributed by atoms with Crippen LogP contribution < -0.4 is 4.74 Å². The van der Waals surface area contributed by atoms with Crippen LogP contribution in [0.2, 0.25) is 0 Å². The van der Waals surface area contributed by atoms with Gasteiger partial charge in [0.2, 0.25) is 0 Å². The van der Waals surface area contributed by atoms with Gasteiger partial charge in [-0.15, -0.1) is 0 Å². The van der Waals surface area contributed by atoms with E-state index in [1.165, 1.54) is 0 Å². The van der Waals surface area contributed by atoms with Gasteiger partial charge in [0.25, 0.3) is 0 Å². The number of ketones is 2. The SMILES string of the molecule is CCC(=O)c1cc(C(=O)C[C@H]2C[C@@H]2CO)cc2c1O[C@H](C)[C@H]2c1ccccc1. The molecule has 146 valence electrons. The van der Waals surface area contributed by atoms with Gasteiger partial charge >= 0.3 is 0 Å². The maximum absolute atomic E-state index is 12.9. The molecule has 2 aromatic carbocycles. The van der Waals surface area contributed by atoms with E-state index in [1.54, 1.807) is 6.07 Å². The molecule has 2 aromatic rings. The highest BCUT2D eigenvalue weighted by atomic mass is 16.5. The summed E-state index contributed by atoms with van der Waals surface area (Å²) in [5.74, 6) is 1.17. The second kappa shape index (κ2) is 7.51. The number of aliphatic hydroxyl groups is 1. The lowest BCUT2D eigenvalue weighted by atomic mass is 9.85. The molecule has 1 aliphatic heterocycles. The van der Waals surface area contributed by atoms with Crippen LogP contribution in [-0.4, -0.2) is 29.4 Å². The van der Waals surface area contributed by atoms with E-state index in [4.69, 9.17) is 4.74 Å². The number of hydrogen-bond donors (Lipinski definition) is 1. The van der Waals surface area contributed by atoms with Gasteiger partial charge in [0.15, 0.2) is 11.6 Å². The quantitative estimate of drug-likeness (QED) is 0.726. The number of rotatable bonds is 7. The van der Waals surface area contributed by atoms with E-state index < -0.39 is 0 Å². The first-order chi connectivity index (χ1) is 13.5. The molecule has 0 bridgehead atoms. The summed E-state index contributed by atoms with van der Waals surface area (Å²) >= 11 is 0. The second-order valence-electron chi connectivity index (χ2n) is 8.00. The Morgan fingerprint density at radius 1 is 1.11 bits per heavy atom. The molecule has 4 heteroatoms. The van der Waals surface area contributed by atoms with Gasteiger partial charge in [-0.25, -0.2) is 0 Å². The molecule has 0 unspecified atom stereocenters. The van der Waals surface area contributed by atoms with E-state index >= 15 is 0 Å². The van der Waals surface area contributed by atoms with Gasteiger partial charge < -0.3 is 9.84 Å². The van der Waals surface area contributed by atoms with Gasteiger partial charge in [-0.2, -0.15) is 0 Å². The lowest BCUT2D eigenvalue weighted by molar-refractivity contribution is 0.0972. The Kier molecular flexibility index (Phi) is 5.07. The maximum Gasteiger partial charge on any atom is 0.166 e. The molecule has 0 radical (unpaired) electrons. The number of aliphatic hydroxyl groups excluding tert-OH is 1. The number of fused-ring (bicyclic) bond motifs is 1. The minimum absolute atomic E-state index is 0.00142. The molecule has 0 amide bonds. The Bertz CT molecular complexity index is 902. The van der Waals surface area contributed by atoms with Crippen LogP contribution in [0.5, 0.6) is 5.75 Å². The molecule has 1 N–H and O–H groups in total. The molecule has 1 aliphatic carbocycles. The summed E-state index contributed by atoms with van der Waals surface area (Å²) in [5, 5.41) is 9.25. The van der Waals surface area contributed by atoms with E-state index in [1.807, 2.05) is 38.1 Å². The van der Waals surface area contributed by atoms with Crippen molar-refractivity contribution >= 4 is 11.6 Å². The molecule has 1 heterocycles. The van der Waals surface area contributed by atoms with Gasteiger partial charge in [-0.3, -0.25) is 9.59 Å². The van der Waals surface area contributed by atoms with Crippen molar-refractivity contribution in [2.75, 3.05) is 6.61 Å². The summed E-state index contributed by atoms with van der Waals surface area (Å²) < 4.78 is 6.13. The molecule has 0 aromatic heterocycles. The average Bonchev–Trinajstić information content (AvgIpc) is 3.38. The Hall–Kier alpha value is -2.46. The minimum atomic E-state index is -0.103. The number of carbonyl (C=O) groups is 2. The van der Waals surface area contributed by atoms with Crippen LogP contribution in [0.15, 0.2) is 42.5 Å². The van der Waals surface area contributed by atoms with Crippen molar-refractivity contribution in [1.82, 2.24) is 0 Å². The molecule has 1 saturated carbocycles. The molecule has 0 saturated heterocycles. The van der Waals surface area contributed by atoms with E-state index in [-0.39, 0.29) is 42.0 Å². The number of benzene rings is 2. The summed E-state index contributed by atoms with van der Waals surface area (Å²) in [5.41, 5.74) is 3.15. The lowest BCUT2D eigenvalue weighted by Crippen LogP contribution is -2.15. The first-order valence-corrected chi connectivity index (χ1v) is 10.1. The smallest absolute Gasteiger partial charge is 0.166 e. The predicted octanol–water partition coefficient (Wildman–Crippen LogP) is 4.39. The highest BCUT2D eigenvalue weighted by molar-refractivity contribution is 6.04. The van der Waals surface area contributed by atoms with Gasteiger partial charge in [0, 0.05) is 36.5 Å². The minimum Gasteiger partial charge on any atom is -0.489 e. The molecular formula is C24H26O4. The average molecular weight is 378 g/mol. The zero-order chi connectivity index (χ0) is 19.8. The molecule has 0 spiro atoms. The summed E-state index contributed by atoms with van der Waals surface area (Å²) in [4.78, 5) is 25.5. The molecule has 4 atom stereocenters. The van der Waals surface area contributed by atoms with Crippen LogP contribution in [0.4, 0.5) is 0 Å². The molecule has 2 aliphatic rings. The number of ether oxygens (including phenoxy) is 1. The monoisotopic (exact) mass is 378 g/mol. The van der Waals surface area contributed by atoms with Gasteiger partial charge in [-0.05, 0) is 42.9 Å². The zero-order valence-corrected chi connectivity index (χ0v) is 16.4. The molecule has 4 nitrogen and oxygen atoms in total. The third-order valence-corrected chi connectivity index (χ3v) is 6.08. The summed E-state index contributed by atoms with van der Waals surface area (Å²) in [7, 11) is 0. The Morgan fingerprint density at radius 2 is 1.86 bits per heavy atom. The van der Waals surface area contributed by atoms with E-state index in [0.717, 1.165) is 17.5 Å². The van der Waals surface area contributed by atoms with Crippen molar-refractivity contribution in [2.45, 2.75) is 45.1 Å². The van der Waals surface area contributed by atoms with Gasteiger partial charge in [0.1, 0.15) is 11.9 Å². The summed E-state index contributed by atoms with van der Waals surface area (Å²) in [6, 6.07) is 13.7. The van der Waals surface area contributed by atoms with Crippen LogP contribution >= 0.6 is 0 Å². The van der Waals surface area contributed by atoms with Crippen LogP contribution in [0.1, 0.15) is 70.9 Å². The van der Waals surface area contributed by atoms with Gasteiger partial charge in [0.05, 0.1) is 5.56 Å². The van der Waals surface area contributed by atoms with Crippen molar-refractivity contribution < 1.29 is 19.4 Å². The molecule has 1 fully saturated rings. The highest BCUT2D eigenvalue weighted by Gasteiger charge is 2.39. The number of carbonyl (C=O) groups excluding carboxylic acids is 2. The maximum atomic E-state index is 12.9. The third-order valence-electron chi connectivity index (χ3n) is 6.08. The second-order valence-corrected chi connectivity index (χ2v) is 8.00. The number of Topliss-reactive ketones (excluding diaryl/α,β-unsaturated/α-hetero) is 2. The third kappa shape index (κ3) is 3.37. The van der Waals surface area contributed by atoms with Gasteiger partial charge in [-0.1, -0.05) is 37.3 Å². The molecular weight excluding hydrogens is 352 g/mol. The summed E-state index contributed by atoms with van der Waals surface area (Å²) in [6.07, 6.45) is 1.59. The number of hydrogen-bond acceptors (Lipinski definition) is 4. The zero-order valence-electron chi connectivity index (χ0n) is 16.4. The molecule has 28 heavy (non-hydrogen) atoms. The van der Waals surface area contributed by atoms with Crippen molar-refractivity contribution in [2.24, 2.45) is 11.8 Å². The highest BCUT2D eigenvalue weighted by Crippen LogP contribution is 2.46. The van der Waals surface area contributed by atoms with Crippen molar-refractivity contribution in [3.8, 4) is 5.75 Å². The Morgan fingerprint density at radius 3 is 2.50 bits per heavy atom. The standard InChI is InChI=1S/C24H26O4/c1-3-21(26)19-10-17(22(27)12-16-9-18(16)13-25)11-20-23(14(2)28-24(19)20)15-7-5-4-6-8-15/h4-8,10-11,14,16,18,23,25H,3,9,12-13H2,1-2H3/t14-,16-,18-,23+/m1/s1. The van der Waals surface area contributed by atoms with E-state index in [2.05, 4.69) is 12.1 Å². The topological polar surface area (TPSA) is 63.6 Å².